The molecule has 112 valence electrons. The summed E-state index contributed by atoms with van der Waals surface area (Å²) in [5.41, 5.74) is 2.41. The minimum absolute atomic E-state index is 0.0145. The fourth-order valence-electron chi connectivity index (χ4n) is 2.23. The van der Waals surface area contributed by atoms with Crippen LogP contribution in [-0.4, -0.2) is 15.7 Å². The van der Waals surface area contributed by atoms with Crippen molar-refractivity contribution < 1.29 is 9.18 Å². The molecule has 0 aliphatic rings. The van der Waals surface area contributed by atoms with Gasteiger partial charge >= 0.3 is 0 Å². The third-order valence-electron chi connectivity index (χ3n) is 3.15. The lowest BCUT2D eigenvalue weighted by Gasteiger charge is -2.14. The Morgan fingerprint density at radius 1 is 1.43 bits per heavy atom. The summed E-state index contributed by atoms with van der Waals surface area (Å²) in [5, 5.41) is 7.05. The summed E-state index contributed by atoms with van der Waals surface area (Å²) >= 11 is 5.68. The smallest absolute Gasteiger partial charge is 0.226 e. The summed E-state index contributed by atoms with van der Waals surface area (Å²) in [5.74, 6) is -0.677. The predicted molar refractivity (Wildman–Crippen MR) is 81.1 cm³/mol. The van der Waals surface area contributed by atoms with Gasteiger partial charge in [0.05, 0.1) is 16.8 Å². The number of carbonyl (C=O) groups excluding carboxylic acids is 1. The summed E-state index contributed by atoms with van der Waals surface area (Å²) in [6.45, 7) is 5.79. The fraction of sp³-hybridized carbons (Fsp3) is 0.333. The van der Waals surface area contributed by atoms with Crippen LogP contribution in [0.2, 0.25) is 5.02 Å². The minimum atomic E-state index is -0.509. The fourth-order valence-corrected chi connectivity index (χ4v) is 2.41. The van der Waals surface area contributed by atoms with E-state index in [1.807, 2.05) is 31.5 Å². The average molecular weight is 310 g/mol. The van der Waals surface area contributed by atoms with Crippen LogP contribution in [0, 0.1) is 19.7 Å². The van der Waals surface area contributed by atoms with Gasteiger partial charge in [-0.25, -0.2) is 4.39 Å². The van der Waals surface area contributed by atoms with Crippen LogP contribution in [0.15, 0.2) is 24.3 Å². The Labute approximate surface area is 127 Å². The van der Waals surface area contributed by atoms with E-state index in [0.29, 0.717) is 5.69 Å². The first-order valence-corrected chi connectivity index (χ1v) is 7.02. The number of aromatic nitrogens is 2. The monoisotopic (exact) mass is 309 g/mol. The number of amides is 1. The topological polar surface area (TPSA) is 46.9 Å². The average Bonchev–Trinajstić information content (AvgIpc) is 2.73. The Morgan fingerprint density at radius 3 is 2.71 bits per heavy atom. The standard InChI is InChI=1S/C15H17ClFN3O/c1-9-6-10(2)20(19-9)11(3)7-15(21)18-12-4-5-14(17)13(16)8-12/h4-6,8,11H,7H2,1-3H3,(H,18,21). The highest BCUT2D eigenvalue weighted by Gasteiger charge is 2.14. The molecule has 0 saturated heterocycles. The Bertz CT molecular complexity index is 669. The molecule has 1 amide bonds. The number of carbonyl (C=O) groups is 1. The Kier molecular flexibility index (Phi) is 4.63. The van der Waals surface area contributed by atoms with Crippen LogP contribution in [0.4, 0.5) is 10.1 Å². The van der Waals surface area contributed by atoms with E-state index < -0.39 is 5.82 Å². The van der Waals surface area contributed by atoms with Crippen LogP contribution in [0.3, 0.4) is 0 Å². The van der Waals surface area contributed by atoms with Crippen LogP contribution in [0.25, 0.3) is 0 Å². The van der Waals surface area contributed by atoms with Crippen molar-refractivity contribution >= 4 is 23.2 Å². The molecule has 1 N–H and O–H groups in total. The molecule has 4 nitrogen and oxygen atoms in total. The van der Waals surface area contributed by atoms with Gasteiger partial charge in [0, 0.05) is 17.8 Å². The number of anilines is 1. The van der Waals surface area contributed by atoms with E-state index >= 15 is 0 Å². The van der Waals surface area contributed by atoms with Gasteiger partial charge in [-0.1, -0.05) is 11.6 Å². The van der Waals surface area contributed by atoms with Gasteiger partial charge in [0.25, 0.3) is 0 Å². The second-order valence-electron chi connectivity index (χ2n) is 5.10. The first-order valence-electron chi connectivity index (χ1n) is 6.64. The van der Waals surface area contributed by atoms with Gasteiger partial charge in [-0.2, -0.15) is 5.10 Å². The number of halogens is 2. The quantitative estimate of drug-likeness (QED) is 0.931. The molecule has 0 aliphatic heterocycles. The van der Waals surface area contributed by atoms with Crippen molar-refractivity contribution in [1.29, 1.82) is 0 Å². The third kappa shape index (κ3) is 3.82. The lowest BCUT2D eigenvalue weighted by atomic mass is 10.2. The van der Waals surface area contributed by atoms with Gasteiger partial charge in [0.1, 0.15) is 5.82 Å². The van der Waals surface area contributed by atoms with Crippen molar-refractivity contribution in [2.45, 2.75) is 33.2 Å². The molecule has 2 aromatic rings. The van der Waals surface area contributed by atoms with E-state index in [-0.39, 0.29) is 23.4 Å². The first kappa shape index (κ1) is 15.5. The number of nitrogens with zero attached hydrogens (tertiary/aromatic N) is 2. The molecule has 0 aliphatic carbocycles. The number of hydrogen-bond donors (Lipinski definition) is 1. The molecule has 6 heteroatoms. The molecule has 0 bridgehead atoms. The van der Waals surface area contributed by atoms with Crippen LogP contribution in [0.1, 0.15) is 30.8 Å². The lowest BCUT2D eigenvalue weighted by molar-refractivity contribution is -0.116. The predicted octanol–water partition coefficient (Wildman–Crippen LogP) is 3.88. The van der Waals surface area contributed by atoms with Crippen molar-refractivity contribution in [3.05, 3.63) is 46.5 Å². The molecule has 1 aromatic carbocycles. The lowest BCUT2D eigenvalue weighted by Crippen LogP contribution is -2.19. The van der Waals surface area contributed by atoms with Gasteiger partial charge < -0.3 is 5.32 Å². The van der Waals surface area contributed by atoms with Gasteiger partial charge in [0.2, 0.25) is 5.91 Å². The van der Waals surface area contributed by atoms with Crippen molar-refractivity contribution in [2.24, 2.45) is 0 Å². The van der Waals surface area contributed by atoms with E-state index in [9.17, 15) is 9.18 Å². The van der Waals surface area contributed by atoms with Gasteiger partial charge in [-0.05, 0) is 45.0 Å². The molecular formula is C15H17ClFN3O. The minimum Gasteiger partial charge on any atom is -0.326 e. The molecule has 1 heterocycles. The zero-order valence-electron chi connectivity index (χ0n) is 12.2. The maximum absolute atomic E-state index is 13.1. The number of nitrogens with one attached hydrogen (secondary N) is 1. The molecule has 1 atom stereocenters. The Morgan fingerprint density at radius 2 is 2.14 bits per heavy atom. The van der Waals surface area contributed by atoms with E-state index in [0.717, 1.165) is 11.4 Å². The number of aryl methyl sites for hydroxylation is 2. The van der Waals surface area contributed by atoms with E-state index in [2.05, 4.69) is 10.4 Å². The zero-order chi connectivity index (χ0) is 15.6. The Hall–Kier alpha value is -1.88. The number of rotatable bonds is 4. The van der Waals surface area contributed by atoms with E-state index in [4.69, 9.17) is 11.6 Å². The highest BCUT2D eigenvalue weighted by Crippen LogP contribution is 2.20. The summed E-state index contributed by atoms with van der Waals surface area (Å²) in [4.78, 5) is 12.0. The molecule has 0 fully saturated rings. The van der Waals surface area contributed by atoms with E-state index in [1.165, 1.54) is 18.2 Å². The summed E-state index contributed by atoms with van der Waals surface area (Å²) in [6.07, 6.45) is 0.275. The van der Waals surface area contributed by atoms with E-state index in [1.54, 1.807) is 0 Å². The maximum atomic E-state index is 13.1. The van der Waals surface area contributed by atoms with Crippen LogP contribution >= 0.6 is 11.6 Å². The molecule has 1 unspecified atom stereocenters. The third-order valence-corrected chi connectivity index (χ3v) is 3.44. The zero-order valence-corrected chi connectivity index (χ0v) is 12.9. The second kappa shape index (κ2) is 6.26. The van der Waals surface area contributed by atoms with Gasteiger partial charge in [-0.15, -0.1) is 0 Å². The number of hydrogen-bond acceptors (Lipinski definition) is 2. The molecule has 1 aromatic heterocycles. The van der Waals surface area contributed by atoms with Crippen molar-refractivity contribution in [2.75, 3.05) is 5.32 Å². The highest BCUT2D eigenvalue weighted by molar-refractivity contribution is 6.31. The Balaban J connectivity index is 2.01. The molecule has 21 heavy (non-hydrogen) atoms. The SMILES string of the molecule is Cc1cc(C)n(C(C)CC(=O)Nc2ccc(F)c(Cl)c2)n1. The number of benzene rings is 1. The molecule has 0 spiro atoms. The van der Waals surface area contributed by atoms with Crippen LogP contribution in [-0.2, 0) is 4.79 Å². The van der Waals surface area contributed by atoms with Crippen LogP contribution < -0.4 is 5.32 Å². The van der Waals surface area contributed by atoms with Gasteiger partial charge in [-0.3, -0.25) is 9.48 Å². The van der Waals surface area contributed by atoms with Crippen LogP contribution in [0.5, 0.6) is 0 Å². The molecular weight excluding hydrogens is 293 g/mol. The van der Waals surface area contributed by atoms with Crippen molar-refractivity contribution in [1.82, 2.24) is 9.78 Å². The summed E-state index contributed by atoms with van der Waals surface area (Å²) in [6, 6.07) is 6.00. The van der Waals surface area contributed by atoms with Crippen molar-refractivity contribution in [3.8, 4) is 0 Å². The normalized spacial score (nSPS) is 12.2. The molecule has 0 saturated carbocycles. The summed E-state index contributed by atoms with van der Waals surface area (Å²) in [7, 11) is 0. The first-order chi connectivity index (χ1) is 9.86. The summed E-state index contributed by atoms with van der Waals surface area (Å²) < 4.78 is 14.9. The molecule has 0 radical (unpaired) electrons. The molecule has 2 rings (SSSR count). The van der Waals surface area contributed by atoms with Crippen molar-refractivity contribution in [3.63, 3.8) is 0 Å². The largest absolute Gasteiger partial charge is 0.326 e. The highest BCUT2D eigenvalue weighted by atomic mass is 35.5. The second-order valence-corrected chi connectivity index (χ2v) is 5.51. The maximum Gasteiger partial charge on any atom is 0.226 e. The van der Waals surface area contributed by atoms with Gasteiger partial charge in [0.15, 0.2) is 0 Å².